The summed E-state index contributed by atoms with van der Waals surface area (Å²) in [5, 5.41) is 11.3. The Morgan fingerprint density at radius 1 is 1.24 bits per heavy atom. The number of likely N-dealkylation sites (tertiary alicyclic amines) is 1. The summed E-state index contributed by atoms with van der Waals surface area (Å²) < 4.78 is 0. The van der Waals surface area contributed by atoms with Gasteiger partial charge in [-0.05, 0) is 33.1 Å². The van der Waals surface area contributed by atoms with Crippen LogP contribution in [-0.4, -0.2) is 65.0 Å². The highest BCUT2D eigenvalue weighted by Gasteiger charge is 2.24. The lowest BCUT2D eigenvalue weighted by Gasteiger charge is -2.30. The number of nitrogens with zero attached hydrogens (tertiary/aromatic N) is 2. The number of hydrogen-bond donors (Lipinski definition) is 2. The van der Waals surface area contributed by atoms with E-state index in [2.05, 4.69) is 5.32 Å². The van der Waals surface area contributed by atoms with Gasteiger partial charge in [-0.15, -0.1) is 0 Å². The zero-order chi connectivity index (χ0) is 15.8. The number of carboxylic acids is 1. The van der Waals surface area contributed by atoms with Crippen LogP contribution in [0.15, 0.2) is 0 Å². The molecule has 1 heterocycles. The van der Waals surface area contributed by atoms with Crippen molar-refractivity contribution in [2.75, 3.05) is 26.2 Å². The number of amides is 3. The molecular formula is C14H25N3O4. The zero-order valence-corrected chi connectivity index (χ0v) is 12.8. The Hall–Kier alpha value is -1.79. The smallest absolute Gasteiger partial charge is 0.318 e. The van der Waals surface area contributed by atoms with Crippen LogP contribution < -0.4 is 5.32 Å². The molecule has 1 saturated heterocycles. The molecule has 7 nitrogen and oxygen atoms in total. The van der Waals surface area contributed by atoms with Crippen molar-refractivity contribution in [3.05, 3.63) is 0 Å². The lowest BCUT2D eigenvalue weighted by molar-refractivity contribution is -0.137. The maximum Gasteiger partial charge on any atom is 0.318 e. The van der Waals surface area contributed by atoms with Gasteiger partial charge in [0, 0.05) is 26.2 Å². The van der Waals surface area contributed by atoms with Crippen molar-refractivity contribution in [3.8, 4) is 0 Å². The van der Waals surface area contributed by atoms with Crippen LogP contribution in [0.1, 0.15) is 39.5 Å². The Morgan fingerprint density at radius 3 is 2.38 bits per heavy atom. The van der Waals surface area contributed by atoms with Gasteiger partial charge in [0.25, 0.3) is 0 Å². The summed E-state index contributed by atoms with van der Waals surface area (Å²) in [5.41, 5.74) is 0. The SMILES string of the molecule is CCN(CCC(=O)O)C(=O)NC(C)C(=O)N1CCCCC1. The van der Waals surface area contributed by atoms with Crippen molar-refractivity contribution in [1.29, 1.82) is 0 Å². The molecule has 0 saturated carbocycles. The normalized spacial score (nSPS) is 16.2. The van der Waals surface area contributed by atoms with Crippen molar-refractivity contribution >= 4 is 17.9 Å². The van der Waals surface area contributed by atoms with E-state index in [1.54, 1.807) is 18.7 Å². The highest BCUT2D eigenvalue weighted by molar-refractivity contribution is 5.87. The number of carbonyl (C=O) groups is 3. The van der Waals surface area contributed by atoms with E-state index in [-0.39, 0.29) is 18.9 Å². The van der Waals surface area contributed by atoms with Gasteiger partial charge < -0.3 is 20.2 Å². The van der Waals surface area contributed by atoms with Crippen molar-refractivity contribution in [1.82, 2.24) is 15.1 Å². The fraction of sp³-hybridized carbons (Fsp3) is 0.786. The monoisotopic (exact) mass is 299 g/mol. The molecule has 0 aromatic heterocycles. The lowest BCUT2D eigenvalue weighted by atomic mass is 10.1. The Labute approximate surface area is 125 Å². The molecule has 1 rings (SSSR count). The minimum atomic E-state index is -0.946. The molecule has 1 fully saturated rings. The fourth-order valence-electron chi connectivity index (χ4n) is 2.36. The molecule has 0 spiro atoms. The molecule has 1 aliphatic heterocycles. The lowest BCUT2D eigenvalue weighted by Crippen LogP contribution is -2.52. The topological polar surface area (TPSA) is 90.0 Å². The van der Waals surface area contributed by atoms with Gasteiger partial charge in [0.15, 0.2) is 0 Å². The van der Waals surface area contributed by atoms with Gasteiger partial charge in [-0.25, -0.2) is 4.79 Å². The minimum Gasteiger partial charge on any atom is -0.481 e. The third-order valence-electron chi connectivity index (χ3n) is 3.64. The molecule has 0 radical (unpaired) electrons. The first-order valence-electron chi connectivity index (χ1n) is 7.51. The molecule has 21 heavy (non-hydrogen) atoms. The van der Waals surface area contributed by atoms with Gasteiger partial charge in [-0.1, -0.05) is 0 Å². The van der Waals surface area contributed by atoms with E-state index in [9.17, 15) is 14.4 Å². The summed E-state index contributed by atoms with van der Waals surface area (Å²) in [7, 11) is 0. The first kappa shape index (κ1) is 17.3. The van der Waals surface area contributed by atoms with Gasteiger partial charge in [-0.3, -0.25) is 9.59 Å². The summed E-state index contributed by atoms with van der Waals surface area (Å²) in [6.45, 7) is 5.48. The summed E-state index contributed by atoms with van der Waals surface area (Å²) in [6, 6.07) is -0.980. The third-order valence-corrected chi connectivity index (χ3v) is 3.64. The number of rotatable bonds is 6. The molecule has 0 aromatic rings. The number of nitrogens with one attached hydrogen (secondary N) is 1. The van der Waals surface area contributed by atoms with Crippen molar-refractivity contribution < 1.29 is 19.5 Å². The molecule has 1 atom stereocenters. The second-order valence-corrected chi connectivity index (χ2v) is 5.28. The number of urea groups is 1. The predicted molar refractivity (Wildman–Crippen MR) is 77.9 cm³/mol. The minimum absolute atomic E-state index is 0.0719. The second kappa shape index (κ2) is 8.49. The van der Waals surface area contributed by atoms with E-state index in [0.29, 0.717) is 6.54 Å². The van der Waals surface area contributed by atoms with E-state index in [0.717, 1.165) is 32.4 Å². The maximum absolute atomic E-state index is 12.2. The number of carbonyl (C=O) groups excluding carboxylic acids is 2. The Bertz CT molecular complexity index is 380. The van der Waals surface area contributed by atoms with Gasteiger partial charge in [0.1, 0.15) is 6.04 Å². The van der Waals surface area contributed by atoms with Gasteiger partial charge in [-0.2, -0.15) is 0 Å². The van der Waals surface area contributed by atoms with Crippen LogP contribution in [0.25, 0.3) is 0 Å². The van der Waals surface area contributed by atoms with E-state index in [1.165, 1.54) is 4.90 Å². The average Bonchev–Trinajstić information content (AvgIpc) is 2.47. The molecule has 3 amide bonds. The van der Waals surface area contributed by atoms with Crippen LogP contribution in [0, 0.1) is 0 Å². The van der Waals surface area contributed by atoms with E-state index < -0.39 is 18.0 Å². The summed E-state index contributed by atoms with van der Waals surface area (Å²) >= 11 is 0. The van der Waals surface area contributed by atoms with Crippen LogP contribution >= 0.6 is 0 Å². The molecule has 1 unspecified atom stereocenters. The Kier molecular flexibility index (Phi) is 6.98. The highest BCUT2D eigenvalue weighted by Crippen LogP contribution is 2.10. The Morgan fingerprint density at radius 2 is 1.86 bits per heavy atom. The highest BCUT2D eigenvalue weighted by atomic mass is 16.4. The first-order valence-corrected chi connectivity index (χ1v) is 7.51. The molecular weight excluding hydrogens is 274 g/mol. The van der Waals surface area contributed by atoms with Gasteiger partial charge >= 0.3 is 12.0 Å². The van der Waals surface area contributed by atoms with Crippen LogP contribution in [0.4, 0.5) is 4.79 Å². The number of carboxylic acid groups (broad SMARTS) is 1. The number of aliphatic carboxylic acids is 1. The van der Waals surface area contributed by atoms with Crippen molar-refractivity contribution in [2.45, 2.75) is 45.6 Å². The molecule has 120 valence electrons. The molecule has 2 N–H and O–H groups in total. The molecule has 0 aliphatic carbocycles. The van der Waals surface area contributed by atoms with Crippen LogP contribution in [0.5, 0.6) is 0 Å². The fourth-order valence-corrected chi connectivity index (χ4v) is 2.36. The molecule has 0 aromatic carbocycles. The van der Waals surface area contributed by atoms with E-state index >= 15 is 0 Å². The zero-order valence-electron chi connectivity index (χ0n) is 12.8. The number of hydrogen-bond acceptors (Lipinski definition) is 3. The maximum atomic E-state index is 12.2. The quantitative estimate of drug-likeness (QED) is 0.762. The van der Waals surface area contributed by atoms with Gasteiger partial charge in [0.05, 0.1) is 6.42 Å². The predicted octanol–water partition coefficient (Wildman–Crippen LogP) is 0.894. The third kappa shape index (κ3) is 5.61. The first-order chi connectivity index (χ1) is 9.95. The van der Waals surface area contributed by atoms with Crippen LogP contribution in [-0.2, 0) is 9.59 Å². The second-order valence-electron chi connectivity index (χ2n) is 5.28. The summed E-state index contributed by atoms with van der Waals surface area (Å²) in [4.78, 5) is 38.0. The van der Waals surface area contributed by atoms with Gasteiger partial charge in [0.2, 0.25) is 5.91 Å². The largest absolute Gasteiger partial charge is 0.481 e. The van der Waals surface area contributed by atoms with Crippen molar-refractivity contribution in [2.24, 2.45) is 0 Å². The number of piperidine rings is 1. The molecule has 1 aliphatic rings. The van der Waals surface area contributed by atoms with E-state index in [4.69, 9.17) is 5.11 Å². The Balaban J connectivity index is 2.46. The van der Waals surface area contributed by atoms with Crippen LogP contribution in [0.2, 0.25) is 0 Å². The standard InChI is InChI=1S/C14H25N3O4/c1-3-16(10-7-12(18)19)14(21)15-11(2)13(20)17-8-5-4-6-9-17/h11H,3-10H2,1-2H3,(H,15,21)(H,18,19). The average molecular weight is 299 g/mol. The summed E-state index contributed by atoms with van der Waals surface area (Å²) in [6.07, 6.45) is 3.05. The van der Waals surface area contributed by atoms with Crippen LogP contribution in [0.3, 0.4) is 0 Å². The summed E-state index contributed by atoms with van der Waals surface area (Å²) in [5.74, 6) is -1.02. The van der Waals surface area contributed by atoms with E-state index in [1.807, 2.05) is 0 Å². The molecule has 7 heteroatoms. The molecule has 0 bridgehead atoms. The van der Waals surface area contributed by atoms with Crippen molar-refractivity contribution in [3.63, 3.8) is 0 Å².